The third-order valence-electron chi connectivity index (χ3n) is 1.84. The third kappa shape index (κ3) is 2.38. The molecule has 1 aromatic heterocycles. The molecule has 0 bridgehead atoms. The van der Waals surface area contributed by atoms with Gasteiger partial charge in [0.1, 0.15) is 11.4 Å². The molecule has 15 heavy (non-hydrogen) atoms. The molecule has 0 aliphatic carbocycles. The van der Waals surface area contributed by atoms with Gasteiger partial charge in [0.25, 0.3) is 0 Å². The average Bonchev–Trinajstić information content (AvgIpc) is 2.25. The number of nitrogen functional groups attached to an aromatic ring is 2. The normalized spacial score (nSPS) is 10.1. The molecular weight excluding hydrogens is 208 g/mol. The first-order valence-corrected chi connectivity index (χ1v) is 5.16. The van der Waals surface area contributed by atoms with Crippen LogP contribution in [0.25, 0.3) is 0 Å². The van der Waals surface area contributed by atoms with Crippen molar-refractivity contribution in [3.8, 4) is 0 Å². The minimum absolute atomic E-state index is 0.592. The maximum absolute atomic E-state index is 5.70. The van der Waals surface area contributed by atoms with Gasteiger partial charge in [-0.1, -0.05) is 11.8 Å². The van der Waals surface area contributed by atoms with E-state index >= 15 is 0 Å². The maximum Gasteiger partial charge on any atom is 0.116 e. The van der Waals surface area contributed by atoms with Crippen molar-refractivity contribution in [3.63, 3.8) is 0 Å². The van der Waals surface area contributed by atoms with Crippen molar-refractivity contribution in [3.05, 3.63) is 36.8 Å². The molecule has 0 aliphatic rings. The van der Waals surface area contributed by atoms with E-state index in [1.54, 1.807) is 12.3 Å². The summed E-state index contributed by atoms with van der Waals surface area (Å²) >= 11 is 1.52. The highest BCUT2D eigenvalue weighted by Gasteiger charge is 2.00. The molecular formula is C10H10N4S. The Kier molecular flexibility index (Phi) is 2.73. The summed E-state index contributed by atoms with van der Waals surface area (Å²) in [5.74, 6) is 0. The topological polar surface area (TPSA) is 77.8 Å². The lowest BCUT2D eigenvalue weighted by molar-refractivity contribution is 1.05. The van der Waals surface area contributed by atoms with Crippen molar-refractivity contribution in [2.75, 3.05) is 11.5 Å². The Labute approximate surface area is 91.7 Å². The molecule has 5 heteroatoms. The van der Waals surface area contributed by atoms with Crippen LogP contribution in [0, 0.1) is 0 Å². The number of benzene rings is 1. The Morgan fingerprint density at radius 1 is 1.07 bits per heavy atom. The van der Waals surface area contributed by atoms with E-state index in [4.69, 9.17) is 11.5 Å². The number of hydrogen-bond acceptors (Lipinski definition) is 5. The Morgan fingerprint density at radius 2 is 1.93 bits per heavy atom. The molecule has 4 N–H and O–H groups in total. The molecule has 1 heterocycles. The van der Waals surface area contributed by atoms with E-state index in [1.807, 2.05) is 18.2 Å². The summed E-state index contributed by atoms with van der Waals surface area (Å²) in [6.07, 6.45) is 3.22. The lowest BCUT2D eigenvalue weighted by atomic mass is 10.3. The lowest BCUT2D eigenvalue weighted by Gasteiger charge is -2.03. The van der Waals surface area contributed by atoms with Gasteiger partial charge in [-0.05, 0) is 24.3 Å². The van der Waals surface area contributed by atoms with Crippen LogP contribution in [0.2, 0.25) is 0 Å². The zero-order valence-corrected chi connectivity index (χ0v) is 8.74. The molecule has 0 saturated carbocycles. The molecule has 0 amide bonds. The molecule has 0 unspecified atom stereocenters. The van der Waals surface area contributed by atoms with Crippen LogP contribution in [-0.4, -0.2) is 9.97 Å². The van der Waals surface area contributed by atoms with Gasteiger partial charge in [0.05, 0.1) is 11.4 Å². The smallest absolute Gasteiger partial charge is 0.116 e. The van der Waals surface area contributed by atoms with E-state index < -0.39 is 0 Å². The van der Waals surface area contributed by atoms with Crippen LogP contribution in [0.5, 0.6) is 0 Å². The summed E-state index contributed by atoms with van der Waals surface area (Å²) < 4.78 is 0. The Balaban J connectivity index is 2.22. The summed E-state index contributed by atoms with van der Waals surface area (Å²) in [5, 5.41) is 0.883. The predicted octanol–water partition coefficient (Wildman–Crippen LogP) is 1.79. The van der Waals surface area contributed by atoms with Gasteiger partial charge >= 0.3 is 0 Å². The molecule has 0 spiro atoms. The Bertz CT molecular complexity index is 458. The second kappa shape index (κ2) is 4.18. The first kappa shape index (κ1) is 9.79. The Hall–Kier alpha value is -1.75. The van der Waals surface area contributed by atoms with Crippen LogP contribution in [0.1, 0.15) is 0 Å². The number of aromatic nitrogens is 2. The van der Waals surface area contributed by atoms with Gasteiger partial charge in [-0.15, -0.1) is 0 Å². The third-order valence-corrected chi connectivity index (χ3v) is 2.78. The molecule has 1 aromatic carbocycles. The van der Waals surface area contributed by atoms with Crippen LogP contribution >= 0.6 is 11.8 Å². The number of hydrogen-bond donors (Lipinski definition) is 2. The van der Waals surface area contributed by atoms with E-state index in [1.165, 1.54) is 18.1 Å². The summed E-state index contributed by atoms with van der Waals surface area (Å²) in [4.78, 5) is 8.97. The summed E-state index contributed by atoms with van der Waals surface area (Å²) in [7, 11) is 0. The van der Waals surface area contributed by atoms with Gasteiger partial charge in [0.2, 0.25) is 0 Å². The zero-order valence-electron chi connectivity index (χ0n) is 7.92. The molecule has 0 saturated heterocycles. The standard InChI is InChI=1S/C10H10N4S/c11-8-2-1-7(5-9(8)12)15-10-3-4-13-6-14-10/h1-6H,11-12H2. The number of nitrogens with two attached hydrogens (primary N) is 2. The molecule has 2 aromatic rings. The SMILES string of the molecule is Nc1ccc(Sc2ccncn2)cc1N. The van der Waals surface area contributed by atoms with E-state index in [-0.39, 0.29) is 0 Å². The first-order valence-electron chi connectivity index (χ1n) is 4.34. The number of rotatable bonds is 2. The van der Waals surface area contributed by atoms with Crippen LogP contribution in [0.4, 0.5) is 11.4 Å². The molecule has 0 aliphatic heterocycles. The number of nitrogens with zero attached hydrogens (tertiary/aromatic N) is 2. The van der Waals surface area contributed by atoms with Crippen molar-refractivity contribution >= 4 is 23.1 Å². The fraction of sp³-hybridized carbons (Fsp3) is 0. The molecule has 0 fully saturated rings. The van der Waals surface area contributed by atoms with Gasteiger partial charge < -0.3 is 11.5 Å². The van der Waals surface area contributed by atoms with Gasteiger partial charge in [0.15, 0.2) is 0 Å². The maximum atomic E-state index is 5.70. The van der Waals surface area contributed by atoms with Crippen LogP contribution < -0.4 is 11.5 Å². The first-order chi connectivity index (χ1) is 7.25. The van der Waals surface area contributed by atoms with Crippen molar-refractivity contribution in [1.29, 1.82) is 0 Å². The van der Waals surface area contributed by atoms with Crippen LogP contribution in [0.3, 0.4) is 0 Å². The number of anilines is 2. The summed E-state index contributed by atoms with van der Waals surface area (Å²) in [6, 6.07) is 7.39. The molecule has 0 atom stereocenters. The average molecular weight is 218 g/mol. The molecule has 4 nitrogen and oxygen atoms in total. The van der Waals surface area contributed by atoms with E-state index in [2.05, 4.69) is 9.97 Å². The summed E-state index contributed by atoms with van der Waals surface area (Å²) in [5.41, 5.74) is 12.5. The van der Waals surface area contributed by atoms with Crippen molar-refractivity contribution in [2.45, 2.75) is 9.92 Å². The summed E-state index contributed by atoms with van der Waals surface area (Å²) in [6.45, 7) is 0. The van der Waals surface area contributed by atoms with E-state index in [0.717, 1.165) is 9.92 Å². The second-order valence-electron chi connectivity index (χ2n) is 2.94. The van der Waals surface area contributed by atoms with Crippen molar-refractivity contribution in [2.24, 2.45) is 0 Å². The van der Waals surface area contributed by atoms with E-state index in [0.29, 0.717) is 11.4 Å². The van der Waals surface area contributed by atoms with Gasteiger partial charge in [-0.25, -0.2) is 9.97 Å². The van der Waals surface area contributed by atoms with Crippen molar-refractivity contribution < 1.29 is 0 Å². The lowest BCUT2D eigenvalue weighted by Crippen LogP contribution is -1.93. The van der Waals surface area contributed by atoms with Crippen LogP contribution in [-0.2, 0) is 0 Å². The highest BCUT2D eigenvalue weighted by atomic mass is 32.2. The predicted molar refractivity (Wildman–Crippen MR) is 61.4 cm³/mol. The highest BCUT2D eigenvalue weighted by Crippen LogP contribution is 2.28. The monoisotopic (exact) mass is 218 g/mol. The van der Waals surface area contributed by atoms with E-state index in [9.17, 15) is 0 Å². The van der Waals surface area contributed by atoms with Crippen LogP contribution in [0.15, 0.2) is 46.7 Å². The van der Waals surface area contributed by atoms with Gasteiger partial charge in [-0.2, -0.15) is 0 Å². The largest absolute Gasteiger partial charge is 0.397 e. The molecule has 2 rings (SSSR count). The minimum atomic E-state index is 0.592. The quantitative estimate of drug-likeness (QED) is 0.593. The van der Waals surface area contributed by atoms with Gasteiger partial charge in [0, 0.05) is 11.1 Å². The fourth-order valence-corrected chi connectivity index (χ4v) is 1.87. The molecule has 0 radical (unpaired) electrons. The zero-order chi connectivity index (χ0) is 10.7. The Morgan fingerprint density at radius 3 is 2.60 bits per heavy atom. The second-order valence-corrected chi connectivity index (χ2v) is 4.03. The highest BCUT2D eigenvalue weighted by molar-refractivity contribution is 7.99. The fourth-order valence-electron chi connectivity index (χ4n) is 1.08. The minimum Gasteiger partial charge on any atom is -0.397 e. The van der Waals surface area contributed by atoms with Gasteiger partial charge in [-0.3, -0.25) is 0 Å². The molecule has 76 valence electrons. The van der Waals surface area contributed by atoms with Crippen molar-refractivity contribution in [1.82, 2.24) is 9.97 Å².